The van der Waals surface area contributed by atoms with Crippen LogP contribution in [-0.4, -0.2) is 31.5 Å². The van der Waals surface area contributed by atoms with Crippen molar-refractivity contribution in [1.29, 1.82) is 0 Å². The van der Waals surface area contributed by atoms with Gasteiger partial charge in [-0.1, -0.05) is 12.1 Å². The van der Waals surface area contributed by atoms with Crippen molar-refractivity contribution >= 4 is 33.5 Å². The third kappa shape index (κ3) is 4.05. The standard InChI is InChI=1S/C14H17BrN2O3/c15-11-3-1-2-4-12(11)16-13(18)9-17-7-5-10(6-8-17)14(19)20/h1-4,10H,5-9H2,(H,16,18)(H,19,20). The summed E-state index contributed by atoms with van der Waals surface area (Å²) in [4.78, 5) is 23.8. The Morgan fingerprint density at radius 3 is 2.55 bits per heavy atom. The third-order valence-electron chi connectivity index (χ3n) is 3.58. The number of quaternary nitrogens is 1. The number of benzene rings is 1. The number of aliphatic carboxylic acids is 1. The quantitative estimate of drug-likeness (QED) is 0.771. The van der Waals surface area contributed by atoms with Crippen LogP contribution in [0.25, 0.3) is 0 Å². The van der Waals surface area contributed by atoms with Gasteiger partial charge in [-0.05, 0) is 28.1 Å². The molecule has 2 N–H and O–H groups in total. The summed E-state index contributed by atoms with van der Waals surface area (Å²) in [5.74, 6) is -1.38. The Hall–Kier alpha value is -1.40. The average molecular weight is 341 g/mol. The molecule has 1 aromatic carbocycles. The van der Waals surface area contributed by atoms with E-state index in [2.05, 4.69) is 21.2 Å². The minimum atomic E-state index is -0.971. The van der Waals surface area contributed by atoms with Crippen molar-refractivity contribution in [2.45, 2.75) is 12.8 Å². The molecule has 0 bridgehead atoms. The number of piperidine rings is 1. The van der Waals surface area contributed by atoms with Crippen LogP contribution in [0.2, 0.25) is 0 Å². The molecule has 0 spiro atoms. The molecule has 0 aromatic heterocycles. The molecule has 1 aliphatic rings. The van der Waals surface area contributed by atoms with E-state index < -0.39 is 5.97 Å². The number of nitrogens with one attached hydrogen (secondary N) is 2. The van der Waals surface area contributed by atoms with E-state index in [1.807, 2.05) is 24.3 Å². The van der Waals surface area contributed by atoms with Crippen LogP contribution in [0, 0.1) is 5.92 Å². The summed E-state index contributed by atoms with van der Waals surface area (Å²) in [7, 11) is 0. The van der Waals surface area contributed by atoms with Crippen LogP contribution in [0.5, 0.6) is 0 Å². The Balaban J connectivity index is 1.81. The summed E-state index contributed by atoms with van der Waals surface area (Å²) in [6.07, 6.45) is 1.17. The van der Waals surface area contributed by atoms with E-state index in [4.69, 9.17) is 0 Å². The minimum Gasteiger partial charge on any atom is -0.550 e. The van der Waals surface area contributed by atoms with Crippen molar-refractivity contribution in [3.05, 3.63) is 28.7 Å². The number of likely N-dealkylation sites (tertiary alicyclic amines) is 1. The van der Waals surface area contributed by atoms with E-state index in [9.17, 15) is 14.7 Å². The highest BCUT2D eigenvalue weighted by atomic mass is 79.9. The molecule has 0 saturated carbocycles. The lowest BCUT2D eigenvalue weighted by Crippen LogP contribution is -3.14. The maximum Gasteiger partial charge on any atom is 0.279 e. The number of carboxylic acids is 1. The summed E-state index contributed by atoms with van der Waals surface area (Å²) in [6, 6.07) is 7.45. The first kappa shape index (κ1) is 15.0. The number of hydrogen-bond donors (Lipinski definition) is 2. The van der Waals surface area contributed by atoms with E-state index in [1.54, 1.807) is 0 Å². The van der Waals surface area contributed by atoms with Crippen molar-refractivity contribution in [2.24, 2.45) is 5.92 Å². The maximum atomic E-state index is 12.0. The fourth-order valence-corrected chi connectivity index (χ4v) is 2.81. The number of amides is 1. The van der Waals surface area contributed by atoms with Crippen LogP contribution < -0.4 is 15.3 Å². The second-order valence-electron chi connectivity index (χ2n) is 5.05. The second-order valence-corrected chi connectivity index (χ2v) is 5.90. The van der Waals surface area contributed by atoms with Gasteiger partial charge in [-0.3, -0.25) is 4.79 Å². The molecule has 0 unspecified atom stereocenters. The zero-order valence-electron chi connectivity index (χ0n) is 11.0. The first-order valence-corrected chi connectivity index (χ1v) is 7.44. The lowest BCUT2D eigenvalue weighted by atomic mass is 9.97. The molecule has 1 aromatic rings. The van der Waals surface area contributed by atoms with Crippen LogP contribution in [-0.2, 0) is 9.59 Å². The van der Waals surface area contributed by atoms with Crippen molar-refractivity contribution in [1.82, 2.24) is 0 Å². The Labute approximate surface area is 126 Å². The summed E-state index contributed by atoms with van der Waals surface area (Å²) in [5, 5.41) is 13.6. The number of carboxylic acid groups (broad SMARTS) is 1. The van der Waals surface area contributed by atoms with Gasteiger partial charge in [0, 0.05) is 29.2 Å². The Kier molecular flexibility index (Phi) is 5.14. The first-order valence-electron chi connectivity index (χ1n) is 6.65. The summed E-state index contributed by atoms with van der Waals surface area (Å²) >= 11 is 3.38. The third-order valence-corrected chi connectivity index (χ3v) is 4.28. The molecule has 1 fully saturated rings. The molecule has 1 saturated heterocycles. The minimum absolute atomic E-state index is 0.0567. The van der Waals surface area contributed by atoms with Gasteiger partial charge < -0.3 is 20.1 Å². The normalized spacial score (nSPS) is 22.2. The first-order chi connectivity index (χ1) is 9.56. The van der Waals surface area contributed by atoms with Gasteiger partial charge >= 0.3 is 0 Å². The monoisotopic (exact) mass is 340 g/mol. The second kappa shape index (κ2) is 6.85. The number of carbonyl (C=O) groups excluding carboxylic acids is 2. The number of para-hydroxylation sites is 1. The Morgan fingerprint density at radius 2 is 1.95 bits per heavy atom. The highest BCUT2D eigenvalue weighted by Gasteiger charge is 2.24. The van der Waals surface area contributed by atoms with Gasteiger partial charge in [-0.25, -0.2) is 0 Å². The molecule has 1 amide bonds. The van der Waals surface area contributed by atoms with Gasteiger partial charge in [0.05, 0.1) is 18.8 Å². The molecule has 20 heavy (non-hydrogen) atoms. The van der Waals surface area contributed by atoms with Crippen LogP contribution in [0.3, 0.4) is 0 Å². The van der Waals surface area contributed by atoms with E-state index in [0.29, 0.717) is 32.5 Å². The number of hydrogen-bond acceptors (Lipinski definition) is 3. The van der Waals surface area contributed by atoms with Gasteiger partial charge in [0.1, 0.15) is 0 Å². The van der Waals surface area contributed by atoms with Crippen LogP contribution in [0.15, 0.2) is 28.7 Å². The molecule has 2 rings (SSSR count). The van der Waals surface area contributed by atoms with Crippen LogP contribution in [0.1, 0.15) is 12.8 Å². The molecular formula is C14H17BrN2O3. The van der Waals surface area contributed by atoms with Crippen molar-refractivity contribution in [2.75, 3.05) is 25.0 Å². The number of carbonyl (C=O) groups is 2. The van der Waals surface area contributed by atoms with Crippen molar-refractivity contribution in [3.8, 4) is 0 Å². The molecule has 1 aliphatic heterocycles. The molecule has 1 heterocycles. The van der Waals surface area contributed by atoms with E-state index in [0.717, 1.165) is 15.1 Å². The fraction of sp³-hybridized carbons (Fsp3) is 0.429. The number of anilines is 1. The van der Waals surface area contributed by atoms with Crippen molar-refractivity contribution in [3.63, 3.8) is 0 Å². The molecule has 5 nitrogen and oxygen atoms in total. The smallest absolute Gasteiger partial charge is 0.279 e. The van der Waals surface area contributed by atoms with Crippen LogP contribution in [0.4, 0.5) is 5.69 Å². The van der Waals surface area contributed by atoms with Crippen LogP contribution >= 0.6 is 15.9 Å². The highest BCUT2D eigenvalue weighted by molar-refractivity contribution is 9.10. The molecule has 0 radical (unpaired) electrons. The largest absolute Gasteiger partial charge is 0.550 e. The predicted molar refractivity (Wildman–Crippen MR) is 76.1 cm³/mol. The number of rotatable bonds is 4. The summed E-state index contributed by atoms with van der Waals surface area (Å²) in [5.41, 5.74) is 0.751. The summed E-state index contributed by atoms with van der Waals surface area (Å²) in [6.45, 7) is 1.76. The van der Waals surface area contributed by atoms with E-state index in [-0.39, 0.29) is 11.8 Å². The Morgan fingerprint density at radius 1 is 1.30 bits per heavy atom. The fourth-order valence-electron chi connectivity index (χ4n) is 2.42. The molecule has 108 valence electrons. The highest BCUT2D eigenvalue weighted by Crippen LogP contribution is 2.20. The average Bonchev–Trinajstić information content (AvgIpc) is 2.42. The molecular weight excluding hydrogens is 324 g/mol. The lowest BCUT2D eigenvalue weighted by molar-refractivity contribution is -0.897. The van der Waals surface area contributed by atoms with E-state index in [1.165, 1.54) is 0 Å². The lowest BCUT2D eigenvalue weighted by Gasteiger charge is -2.29. The zero-order chi connectivity index (χ0) is 14.5. The van der Waals surface area contributed by atoms with Gasteiger partial charge in [0.15, 0.2) is 6.54 Å². The van der Waals surface area contributed by atoms with Gasteiger partial charge in [0.2, 0.25) is 0 Å². The van der Waals surface area contributed by atoms with Crippen molar-refractivity contribution < 1.29 is 19.6 Å². The zero-order valence-corrected chi connectivity index (χ0v) is 12.6. The summed E-state index contributed by atoms with van der Waals surface area (Å²) < 4.78 is 0.846. The molecule has 0 aliphatic carbocycles. The molecule has 6 heteroatoms. The van der Waals surface area contributed by atoms with Gasteiger partial charge in [0.25, 0.3) is 5.91 Å². The SMILES string of the molecule is O=C(C[NH+]1CCC(C(=O)[O-])CC1)Nc1ccccc1Br. The van der Waals surface area contributed by atoms with Gasteiger partial charge in [-0.15, -0.1) is 0 Å². The number of halogens is 1. The van der Waals surface area contributed by atoms with E-state index >= 15 is 0 Å². The molecule has 0 atom stereocenters. The maximum absolute atomic E-state index is 12.0. The Bertz CT molecular complexity index is 499. The van der Waals surface area contributed by atoms with Gasteiger partial charge in [-0.2, -0.15) is 0 Å². The topological polar surface area (TPSA) is 73.7 Å². The predicted octanol–water partition coefficient (Wildman–Crippen LogP) is -0.568.